The van der Waals surface area contributed by atoms with Gasteiger partial charge < -0.3 is 20.1 Å². The molecule has 7 nitrogen and oxygen atoms in total. The Kier molecular flexibility index (Phi) is 9.53. The summed E-state index contributed by atoms with van der Waals surface area (Å²) < 4.78 is 10.4. The lowest BCUT2D eigenvalue weighted by molar-refractivity contribution is -0.116. The minimum absolute atomic E-state index is 0.0827. The normalized spacial score (nSPS) is 10.2. The van der Waals surface area contributed by atoms with Crippen molar-refractivity contribution in [1.82, 2.24) is 5.32 Å². The molecule has 0 saturated carbocycles. The first-order valence-corrected chi connectivity index (χ1v) is 10.1. The van der Waals surface area contributed by atoms with E-state index in [4.69, 9.17) is 33.3 Å². The zero-order valence-corrected chi connectivity index (χ0v) is 18.4. The molecule has 0 spiro atoms. The molecular weight excluding hydrogens is 426 g/mol. The lowest BCUT2D eigenvalue weighted by Crippen LogP contribution is -2.34. The monoisotopic (exact) mass is 449 g/mol. The fourth-order valence-electron chi connectivity index (χ4n) is 2.42. The van der Waals surface area contributed by atoms with Gasteiger partial charge in [0.25, 0.3) is 5.91 Å². The molecule has 2 rings (SSSR count). The Hall–Kier alpha value is -2.68. The molecule has 0 aromatic heterocycles. The van der Waals surface area contributed by atoms with Crippen LogP contribution in [0.25, 0.3) is 0 Å². The molecule has 0 fully saturated rings. The van der Waals surface area contributed by atoms with E-state index in [1.807, 2.05) is 6.92 Å². The summed E-state index contributed by atoms with van der Waals surface area (Å²) in [5, 5.41) is 8.75. The van der Waals surface area contributed by atoms with Crippen LogP contribution >= 0.6 is 23.8 Å². The summed E-state index contributed by atoms with van der Waals surface area (Å²) in [6.07, 6.45) is 1.18. The van der Waals surface area contributed by atoms with Gasteiger partial charge in [0.15, 0.2) is 5.11 Å². The van der Waals surface area contributed by atoms with Crippen molar-refractivity contribution in [3.8, 4) is 5.75 Å². The predicted octanol–water partition coefficient (Wildman–Crippen LogP) is 4.23. The van der Waals surface area contributed by atoms with E-state index in [1.165, 1.54) is 0 Å². The van der Waals surface area contributed by atoms with E-state index in [0.717, 1.165) is 6.42 Å². The fraction of sp³-hybridized carbons (Fsp3) is 0.286. The Balaban J connectivity index is 1.94. The number of ether oxygens (including phenoxy) is 2. The van der Waals surface area contributed by atoms with Crippen LogP contribution in [0.4, 0.5) is 11.4 Å². The summed E-state index contributed by atoms with van der Waals surface area (Å²) in [6, 6.07) is 11.6. The number of rotatable bonds is 9. The van der Waals surface area contributed by atoms with Gasteiger partial charge in [0.05, 0.1) is 17.3 Å². The minimum atomic E-state index is -0.375. The van der Waals surface area contributed by atoms with Crippen LogP contribution in [0, 0.1) is 0 Å². The van der Waals surface area contributed by atoms with Crippen molar-refractivity contribution in [3.05, 3.63) is 53.1 Å². The second-order valence-electron chi connectivity index (χ2n) is 6.27. The maximum absolute atomic E-state index is 12.4. The van der Waals surface area contributed by atoms with Crippen LogP contribution in [0.1, 0.15) is 30.1 Å². The summed E-state index contributed by atoms with van der Waals surface area (Å²) in [7, 11) is 1.60. The van der Waals surface area contributed by atoms with E-state index in [0.29, 0.717) is 47.3 Å². The van der Waals surface area contributed by atoms with Crippen LogP contribution in [-0.4, -0.2) is 37.3 Å². The van der Waals surface area contributed by atoms with Crippen LogP contribution in [0.15, 0.2) is 42.5 Å². The standard InChI is InChI=1S/C21H24ClN3O4S/c1-3-4-19(26)23-15-7-10-17(22)18(13-15)24-21(30)25-20(27)14-5-8-16(9-6-14)29-12-11-28-2/h5-10,13H,3-4,11-12H2,1-2H3,(H,23,26)(H2,24,25,27,30). The lowest BCUT2D eigenvalue weighted by Gasteiger charge is -2.13. The number of nitrogens with one attached hydrogen (secondary N) is 3. The Morgan fingerprint density at radius 1 is 1.07 bits per heavy atom. The molecule has 0 unspecified atom stereocenters. The van der Waals surface area contributed by atoms with Crippen molar-refractivity contribution in [1.29, 1.82) is 0 Å². The van der Waals surface area contributed by atoms with Gasteiger partial charge in [0.1, 0.15) is 12.4 Å². The Morgan fingerprint density at radius 3 is 2.47 bits per heavy atom. The molecule has 0 saturated heterocycles. The number of carbonyl (C=O) groups excluding carboxylic acids is 2. The highest BCUT2D eigenvalue weighted by atomic mass is 35.5. The molecule has 2 aromatic carbocycles. The first kappa shape index (κ1) is 23.6. The summed E-state index contributed by atoms with van der Waals surface area (Å²) >= 11 is 11.4. The molecule has 0 aliphatic carbocycles. The van der Waals surface area contributed by atoms with Gasteiger partial charge in [-0.2, -0.15) is 0 Å². The van der Waals surface area contributed by atoms with Gasteiger partial charge in [-0.3, -0.25) is 14.9 Å². The summed E-state index contributed by atoms with van der Waals surface area (Å²) in [6.45, 7) is 2.83. The predicted molar refractivity (Wildman–Crippen MR) is 122 cm³/mol. The summed E-state index contributed by atoms with van der Waals surface area (Å²) in [4.78, 5) is 24.2. The molecule has 0 aliphatic heterocycles. The van der Waals surface area contributed by atoms with Crippen molar-refractivity contribution in [2.24, 2.45) is 0 Å². The van der Waals surface area contributed by atoms with Crippen LogP contribution < -0.4 is 20.7 Å². The largest absolute Gasteiger partial charge is 0.491 e. The van der Waals surface area contributed by atoms with Gasteiger partial charge in [-0.05, 0) is 61.1 Å². The van der Waals surface area contributed by atoms with E-state index in [-0.39, 0.29) is 16.9 Å². The molecule has 0 atom stereocenters. The van der Waals surface area contributed by atoms with E-state index < -0.39 is 0 Å². The highest BCUT2D eigenvalue weighted by Gasteiger charge is 2.11. The van der Waals surface area contributed by atoms with E-state index in [1.54, 1.807) is 49.6 Å². The third-order valence-electron chi connectivity index (χ3n) is 3.88. The molecule has 2 amide bonds. The van der Waals surface area contributed by atoms with Gasteiger partial charge in [-0.25, -0.2) is 0 Å². The molecule has 9 heteroatoms. The lowest BCUT2D eigenvalue weighted by atomic mass is 10.2. The molecular formula is C21H24ClN3O4S. The third-order valence-corrected chi connectivity index (χ3v) is 4.41. The number of thiocarbonyl (C=S) groups is 1. The maximum atomic E-state index is 12.4. The average Bonchev–Trinajstić information content (AvgIpc) is 2.71. The van der Waals surface area contributed by atoms with Crippen molar-refractivity contribution < 1.29 is 19.1 Å². The zero-order chi connectivity index (χ0) is 21.9. The smallest absolute Gasteiger partial charge is 0.257 e. The SMILES string of the molecule is CCCC(=O)Nc1ccc(Cl)c(NC(=S)NC(=O)c2ccc(OCCOC)cc2)c1. The van der Waals surface area contributed by atoms with Gasteiger partial charge in [0, 0.05) is 24.8 Å². The zero-order valence-electron chi connectivity index (χ0n) is 16.8. The van der Waals surface area contributed by atoms with Gasteiger partial charge in [-0.1, -0.05) is 18.5 Å². The molecule has 0 heterocycles. The Morgan fingerprint density at radius 2 is 1.80 bits per heavy atom. The first-order valence-electron chi connectivity index (χ1n) is 9.36. The first-order chi connectivity index (χ1) is 14.4. The number of hydrogen-bond donors (Lipinski definition) is 3. The van der Waals surface area contributed by atoms with Crippen molar-refractivity contribution >= 4 is 52.1 Å². The number of methoxy groups -OCH3 is 1. The minimum Gasteiger partial charge on any atom is -0.491 e. The van der Waals surface area contributed by atoms with Crippen molar-refractivity contribution in [2.75, 3.05) is 31.0 Å². The van der Waals surface area contributed by atoms with Gasteiger partial charge >= 0.3 is 0 Å². The van der Waals surface area contributed by atoms with Crippen LogP contribution in [0.3, 0.4) is 0 Å². The third kappa shape index (κ3) is 7.62. The second-order valence-corrected chi connectivity index (χ2v) is 7.08. The number of anilines is 2. The number of carbonyl (C=O) groups is 2. The molecule has 2 aromatic rings. The Bertz CT molecular complexity index is 890. The number of benzene rings is 2. The number of hydrogen-bond acceptors (Lipinski definition) is 5. The summed E-state index contributed by atoms with van der Waals surface area (Å²) in [5.74, 6) is 0.175. The summed E-state index contributed by atoms with van der Waals surface area (Å²) in [5.41, 5.74) is 1.47. The van der Waals surface area contributed by atoms with Crippen LogP contribution in [0.2, 0.25) is 5.02 Å². The number of amides is 2. The quantitative estimate of drug-likeness (QED) is 0.392. The van der Waals surface area contributed by atoms with Gasteiger partial charge in [-0.15, -0.1) is 0 Å². The molecule has 0 aliphatic rings. The Labute approximate surface area is 186 Å². The topological polar surface area (TPSA) is 88.7 Å². The van der Waals surface area contributed by atoms with Crippen LogP contribution in [-0.2, 0) is 9.53 Å². The fourth-order valence-corrected chi connectivity index (χ4v) is 2.79. The average molecular weight is 450 g/mol. The number of halogens is 1. The highest BCUT2D eigenvalue weighted by molar-refractivity contribution is 7.80. The second kappa shape index (κ2) is 12.1. The molecule has 3 N–H and O–H groups in total. The van der Waals surface area contributed by atoms with Gasteiger partial charge in [0.2, 0.25) is 5.91 Å². The van der Waals surface area contributed by atoms with Crippen LogP contribution in [0.5, 0.6) is 5.75 Å². The van der Waals surface area contributed by atoms with Crippen molar-refractivity contribution in [3.63, 3.8) is 0 Å². The highest BCUT2D eigenvalue weighted by Crippen LogP contribution is 2.25. The molecule has 160 valence electrons. The van der Waals surface area contributed by atoms with E-state index in [2.05, 4.69) is 16.0 Å². The van der Waals surface area contributed by atoms with Crippen molar-refractivity contribution in [2.45, 2.75) is 19.8 Å². The molecule has 0 radical (unpaired) electrons. The molecule has 30 heavy (non-hydrogen) atoms. The van der Waals surface area contributed by atoms with E-state index >= 15 is 0 Å². The maximum Gasteiger partial charge on any atom is 0.257 e. The van der Waals surface area contributed by atoms with E-state index in [9.17, 15) is 9.59 Å². The molecule has 0 bridgehead atoms.